The molecule has 2 nitrogen and oxygen atoms in total. The van der Waals surface area contributed by atoms with Crippen molar-refractivity contribution < 1.29 is 4.79 Å². The fourth-order valence-corrected chi connectivity index (χ4v) is 6.70. The van der Waals surface area contributed by atoms with Crippen molar-refractivity contribution in [3.63, 3.8) is 0 Å². The third kappa shape index (κ3) is 39.2. The zero-order chi connectivity index (χ0) is 33.4. The van der Waals surface area contributed by atoms with Gasteiger partial charge < -0.3 is 5.32 Å². The summed E-state index contributed by atoms with van der Waals surface area (Å²) in [4.78, 5) is 12.2. The van der Waals surface area contributed by atoms with Gasteiger partial charge in [0.05, 0.1) is 6.04 Å². The maximum Gasteiger partial charge on any atom is 0.220 e. The Morgan fingerprint density at radius 2 is 0.674 bits per heavy atom. The minimum absolute atomic E-state index is 0.0189. The first-order valence-electron chi connectivity index (χ1n) is 21.5. The summed E-state index contributed by atoms with van der Waals surface area (Å²) in [7, 11) is 0. The number of hydrogen-bond acceptors (Lipinski definition) is 1. The standard InChI is InChI=1S/C44H85NO/c1-4-6-8-10-12-14-16-18-19-20-21-22-23-24-25-26-27-28-30-32-34-36-38-40-42-44(46)45-43(3)41-39-37-35-33-31-29-17-15-13-11-9-7-5-2/h43H,4-38,40,42H2,1-3H3,(H,45,46). The fraction of sp³-hybridized carbons (Fsp3) is 0.932. The van der Waals surface area contributed by atoms with Gasteiger partial charge in [0.1, 0.15) is 0 Å². The molecule has 0 aromatic rings. The maximum atomic E-state index is 12.2. The molecule has 0 aromatic heterocycles. The molecule has 0 aliphatic heterocycles. The normalized spacial score (nSPS) is 11.8. The summed E-state index contributed by atoms with van der Waals surface area (Å²) in [6, 6.07) is -0.0189. The van der Waals surface area contributed by atoms with E-state index in [2.05, 4.69) is 31.0 Å². The molecule has 46 heavy (non-hydrogen) atoms. The van der Waals surface area contributed by atoms with Gasteiger partial charge in [-0.1, -0.05) is 232 Å². The van der Waals surface area contributed by atoms with Crippen molar-refractivity contribution >= 4 is 5.91 Å². The molecule has 0 bridgehead atoms. The quantitative estimate of drug-likeness (QED) is 0.0529. The van der Waals surface area contributed by atoms with E-state index in [1.54, 1.807) is 0 Å². The van der Waals surface area contributed by atoms with E-state index in [0.717, 1.165) is 12.8 Å². The number of carbonyl (C=O) groups excluding carboxylic acids is 1. The average Bonchev–Trinajstić information content (AvgIpc) is 3.05. The van der Waals surface area contributed by atoms with Crippen LogP contribution in [0.5, 0.6) is 0 Å². The van der Waals surface area contributed by atoms with Gasteiger partial charge in [-0.3, -0.25) is 4.79 Å². The smallest absolute Gasteiger partial charge is 0.220 e. The van der Waals surface area contributed by atoms with Crippen LogP contribution in [-0.2, 0) is 4.79 Å². The summed E-state index contributed by atoms with van der Waals surface area (Å²) in [5.41, 5.74) is 0. The molecule has 0 radical (unpaired) electrons. The largest absolute Gasteiger partial charge is 0.343 e. The van der Waals surface area contributed by atoms with Crippen LogP contribution < -0.4 is 5.32 Å². The Morgan fingerprint density at radius 1 is 0.413 bits per heavy atom. The molecule has 0 heterocycles. The molecule has 0 saturated heterocycles. The Hall–Kier alpha value is -0.970. The second-order valence-electron chi connectivity index (χ2n) is 14.8. The van der Waals surface area contributed by atoms with Gasteiger partial charge in [-0.05, 0) is 19.8 Å². The molecule has 0 saturated carbocycles. The second-order valence-corrected chi connectivity index (χ2v) is 14.8. The van der Waals surface area contributed by atoms with Crippen molar-refractivity contribution in [1.29, 1.82) is 0 Å². The van der Waals surface area contributed by atoms with Crippen molar-refractivity contribution in [2.75, 3.05) is 0 Å². The Bertz CT molecular complexity index is 646. The lowest BCUT2D eigenvalue weighted by Gasteiger charge is -2.08. The van der Waals surface area contributed by atoms with Crippen LogP contribution in [0.1, 0.15) is 258 Å². The third-order valence-electron chi connectivity index (χ3n) is 9.86. The molecular weight excluding hydrogens is 558 g/mol. The van der Waals surface area contributed by atoms with Crippen LogP contribution in [0.3, 0.4) is 0 Å². The summed E-state index contributed by atoms with van der Waals surface area (Å²) >= 11 is 0. The highest BCUT2D eigenvalue weighted by molar-refractivity contribution is 5.76. The zero-order valence-electron chi connectivity index (χ0n) is 32.1. The number of rotatable bonds is 37. The summed E-state index contributed by atoms with van der Waals surface area (Å²) in [5, 5.41) is 3.08. The van der Waals surface area contributed by atoms with Gasteiger partial charge in [0.25, 0.3) is 0 Å². The first-order valence-corrected chi connectivity index (χ1v) is 21.5. The van der Waals surface area contributed by atoms with Crippen LogP contribution >= 0.6 is 0 Å². The molecule has 1 unspecified atom stereocenters. The van der Waals surface area contributed by atoms with Crippen LogP contribution in [0.2, 0.25) is 0 Å². The minimum atomic E-state index is -0.0189. The predicted molar refractivity (Wildman–Crippen MR) is 208 cm³/mol. The average molecular weight is 644 g/mol. The van der Waals surface area contributed by atoms with Gasteiger partial charge in [0.15, 0.2) is 0 Å². The summed E-state index contributed by atoms with van der Waals surface area (Å²) in [6.07, 6.45) is 50.4. The van der Waals surface area contributed by atoms with Gasteiger partial charge in [-0.15, -0.1) is 5.92 Å². The number of carbonyl (C=O) groups is 1. The topological polar surface area (TPSA) is 29.1 Å². The molecule has 272 valence electrons. The van der Waals surface area contributed by atoms with Crippen LogP contribution in [0.25, 0.3) is 0 Å². The predicted octanol–water partition coefficient (Wildman–Crippen LogP) is 15.0. The second kappa shape index (κ2) is 40.2. The molecule has 1 amide bonds. The van der Waals surface area contributed by atoms with Gasteiger partial charge in [0, 0.05) is 12.8 Å². The van der Waals surface area contributed by atoms with Gasteiger partial charge >= 0.3 is 0 Å². The lowest BCUT2D eigenvalue weighted by Crippen LogP contribution is -2.31. The molecule has 0 aromatic carbocycles. The fourth-order valence-electron chi connectivity index (χ4n) is 6.70. The Labute approximate surface area is 291 Å². The highest BCUT2D eigenvalue weighted by Gasteiger charge is 2.04. The van der Waals surface area contributed by atoms with E-state index in [4.69, 9.17) is 0 Å². The van der Waals surface area contributed by atoms with Crippen molar-refractivity contribution in [2.24, 2.45) is 0 Å². The Kier molecular flexibility index (Phi) is 39.4. The molecule has 0 spiro atoms. The first kappa shape index (κ1) is 45.0. The van der Waals surface area contributed by atoms with Gasteiger partial charge in [0.2, 0.25) is 5.91 Å². The van der Waals surface area contributed by atoms with E-state index in [-0.39, 0.29) is 11.9 Å². The number of hydrogen-bond donors (Lipinski definition) is 1. The molecule has 0 aliphatic carbocycles. The van der Waals surface area contributed by atoms with Crippen molar-refractivity contribution in [2.45, 2.75) is 264 Å². The number of nitrogens with one attached hydrogen (secondary N) is 1. The number of amides is 1. The number of unbranched alkanes of at least 4 members (excludes halogenated alkanes) is 34. The highest BCUT2D eigenvalue weighted by atomic mass is 16.1. The lowest BCUT2D eigenvalue weighted by molar-refractivity contribution is -0.121. The maximum absolute atomic E-state index is 12.2. The van der Waals surface area contributed by atoms with Crippen molar-refractivity contribution in [1.82, 2.24) is 5.32 Å². The molecule has 1 N–H and O–H groups in total. The van der Waals surface area contributed by atoms with Crippen LogP contribution in [0.4, 0.5) is 0 Å². The molecule has 2 heteroatoms. The van der Waals surface area contributed by atoms with E-state index in [1.165, 1.54) is 218 Å². The molecule has 0 fully saturated rings. The monoisotopic (exact) mass is 644 g/mol. The van der Waals surface area contributed by atoms with E-state index in [1.807, 2.05) is 6.92 Å². The van der Waals surface area contributed by atoms with E-state index in [0.29, 0.717) is 6.42 Å². The van der Waals surface area contributed by atoms with Crippen molar-refractivity contribution in [3.8, 4) is 11.8 Å². The van der Waals surface area contributed by atoms with Crippen LogP contribution in [0, 0.1) is 11.8 Å². The molecule has 0 rings (SSSR count). The third-order valence-corrected chi connectivity index (χ3v) is 9.86. The molecular formula is C44H85NO. The Morgan fingerprint density at radius 3 is 0.978 bits per heavy atom. The van der Waals surface area contributed by atoms with E-state index < -0.39 is 0 Å². The van der Waals surface area contributed by atoms with Gasteiger partial charge in [-0.25, -0.2) is 0 Å². The van der Waals surface area contributed by atoms with E-state index in [9.17, 15) is 4.79 Å². The molecule has 0 aliphatic rings. The van der Waals surface area contributed by atoms with Gasteiger partial charge in [-0.2, -0.15) is 0 Å². The first-order chi connectivity index (χ1) is 22.7. The summed E-state index contributed by atoms with van der Waals surface area (Å²) in [5.74, 6) is 6.70. The summed E-state index contributed by atoms with van der Waals surface area (Å²) < 4.78 is 0. The lowest BCUT2D eigenvalue weighted by atomic mass is 10.0. The van der Waals surface area contributed by atoms with Crippen LogP contribution in [0.15, 0.2) is 0 Å². The van der Waals surface area contributed by atoms with Crippen LogP contribution in [-0.4, -0.2) is 11.9 Å². The highest BCUT2D eigenvalue weighted by Crippen LogP contribution is 2.16. The summed E-state index contributed by atoms with van der Waals surface area (Å²) in [6.45, 7) is 6.60. The molecule has 1 atom stereocenters. The SMILES string of the molecule is CCCCCCCCCCCCCC#CC(C)NC(=O)CCCCCCCCCCCCCCCCCCCCCCCCCC. The van der Waals surface area contributed by atoms with Crippen molar-refractivity contribution in [3.05, 3.63) is 0 Å². The van der Waals surface area contributed by atoms with E-state index >= 15 is 0 Å². The Balaban J connectivity index is 3.30. The minimum Gasteiger partial charge on any atom is -0.343 e. The zero-order valence-corrected chi connectivity index (χ0v) is 32.1.